The lowest BCUT2D eigenvalue weighted by molar-refractivity contribution is 0.223. The predicted molar refractivity (Wildman–Crippen MR) is 90.6 cm³/mol. The zero-order valence-corrected chi connectivity index (χ0v) is 13.8. The Hall–Kier alpha value is -0.820. The summed E-state index contributed by atoms with van der Waals surface area (Å²) in [6, 6.07) is 9.24. The molecule has 0 atom stereocenters. The molecule has 21 heavy (non-hydrogen) atoms. The molecule has 0 spiro atoms. The molecule has 0 unspecified atom stereocenters. The molecule has 0 aromatic heterocycles. The van der Waals surface area contributed by atoms with E-state index >= 15 is 0 Å². The lowest BCUT2D eigenvalue weighted by Crippen LogP contribution is -2.34. The van der Waals surface area contributed by atoms with E-state index in [0.29, 0.717) is 5.41 Å². The van der Waals surface area contributed by atoms with Crippen molar-refractivity contribution in [3.63, 3.8) is 0 Å². The normalized spacial score (nSPS) is 25.1. The van der Waals surface area contributed by atoms with Crippen LogP contribution in [0, 0.1) is 5.41 Å². The summed E-state index contributed by atoms with van der Waals surface area (Å²) in [6.45, 7) is 5.67. The Morgan fingerprint density at radius 1 is 1.00 bits per heavy atom. The van der Waals surface area contributed by atoms with Crippen molar-refractivity contribution >= 4 is 0 Å². The smallest absolute Gasteiger partial charge is 0.00783 e. The molecular formula is C20H31N. The molecule has 0 heterocycles. The molecular weight excluding hydrogens is 254 g/mol. The van der Waals surface area contributed by atoms with Gasteiger partial charge in [0.05, 0.1) is 0 Å². The van der Waals surface area contributed by atoms with E-state index in [2.05, 4.69) is 38.1 Å². The van der Waals surface area contributed by atoms with E-state index in [4.69, 9.17) is 5.73 Å². The lowest BCUT2D eigenvalue weighted by Gasteiger charge is -2.38. The minimum absolute atomic E-state index is 0.281. The molecule has 1 heteroatoms. The first-order chi connectivity index (χ1) is 10.1. The summed E-state index contributed by atoms with van der Waals surface area (Å²) in [5.41, 5.74) is 10.3. The third kappa shape index (κ3) is 2.90. The molecule has 0 saturated heterocycles. The van der Waals surface area contributed by atoms with Gasteiger partial charge in [0.15, 0.2) is 0 Å². The quantitative estimate of drug-likeness (QED) is 0.817. The first-order valence-electron chi connectivity index (χ1n) is 8.86. The van der Waals surface area contributed by atoms with Gasteiger partial charge in [0, 0.05) is 12.0 Å². The van der Waals surface area contributed by atoms with Gasteiger partial charge in [0.2, 0.25) is 0 Å². The number of rotatable bonds is 3. The molecule has 2 aliphatic carbocycles. The van der Waals surface area contributed by atoms with Gasteiger partial charge in [-0.1, -0.05) is 51.0 Å². The fourth-order valence-corrected chi connectivity index (χ4v) is 4.68. The maximum absolute atomic E-state index is 6.24. The average molecular weight is 285 g/mol. The lowest BCUT2D eigenvalue weighted by atomic mass is 9.67. The molecule has 1 nitrogen and oxygen atoms in total. The molecule has 2 N–H and O–H groups in total. The summed E-state index contributed by atoms with van der Waals surface area (Å²) < 4.78 is 0. The first-order valence-corrected chi connectivity index (χ1v) is 8.86. The van der Waals surface area contributed by atoms with Gasteiger partial charge in [-0.15, -0.1) is 0 Å². The van der Waals surface area contributed by atoms with Crippen molar-refractivity contribution in [1.29, 1.82) is 0 Å². The second-order valence-electron chi connectivity index (χ2n) is 8.22. The SMILES string of the molecule is CC1(C)CCC(c2ccccc2C2(CN)CCCC2)CC1. The third-order valence-electron chi connectivity index (χ3n) is 6.26. The summed E-state index contributed by atoms with van der Waals surface area (Å²) in [4.78, 5) is 0. The fraction of sp³-hybridized carbons (Fsp3) is 0.700. The first kappa shape index (κ1) is 15.1. The van der Waals surface area contributed by atoms with E-state index in [-0.39, 0.29) is 5.41 Å². The number of benzene rings is 1. The zero-order valence-electron chi connectivity index (χ0n) is 13.8. The van der Waals surface area contributed by atoms with Gasteiger partial charge >= 0.3 is 0 Å². The minimum Gasteiger partial charge on any atom is -0.330 e. The number of hydrogen-bond acceptors (Lipinski definition) is 1. The van der Waals surface area contributed by atoms with Crippen LogP contribution in [0.5, 0.6) is 0 Å². The average Bonchev–Trinajstić information content (AvgIpc) is 2.97. The number of hydrogen-bond donors (Lipinski definition) is 1. The van der Waals surface area contributed by atoms with Crippen LogP contribution in [0.3, 0.4) is 0 Å². The third-order valence-corrected chi connectivity index (χ3v) is 6.26. The molecule has 0 aliphatic heterocycles. The van der Waals surface area contributed by atoms with Crippen molar-refractivity contribution in [3.05, 3.63) is 35.4 Å². The van der Waals surface area contributed by atoms with E-state index < -0.39 is 0 Å². The highest BCUT2D eigenvalue weighted by Gasteiger charge is 2.38. The molecule has 0 radical (unpaired) electrons. The molecule has 3 rings (SSSR count). The van der Waals surface area contributed by atoms with Crippen molar-refractivity contribution < 1.29 is 0 Å². The Labute approximate surface area is 130 Å². The Bertz CT molecular complexity index is 472. The molecule has 116 valence electrons. The van der Waals surface area contributed by atoms with Gasteiger partial charge in [-0.05, 0) is 61.0 Å². The highest BCUT2D eigenvalue weighted by molar-refractivity contribution is 5.38. The van der Waals surface area contributed by atoms with Crippen LogP contribution in [0.4, 0.5) is 0 Å². The van der Waals surface area contributed by atoms with Crippen molar-refractivity contribution in [3.8, 4) is 0 Å². The second kappa shape index (κ2) is 5.76. The molecule has 2 fully saturated rings. The van der Waals surface area contributed by atoms with Crippen molar-refractivity contribution in [2.24, 2.45) is 11.1 Å². The summed E-state index contributed by atoms with van der Waals surface area (Å²) in [5, 5.41) is 0. The highest BCUT2D eigenvalue weighted by atomic mass is 14.6. The van der Waals surface area contributed by atoms with E-state index in [9.17, 15) is 0 Å². The zero-order chi connectivity index (χ0) is 14.9. The molecule has 1 aromatic carbocycles. The van der Waals surface area contributed by atoms with Crippen LogP contribution >= 0.6 is 0 Å². The van der Waals surface area contributed by atoms with Gasteiger partial charge in [0.1, 0.15) is 0 Å². The van der Waals surface area contributed by atoms with E-state index in [0.717, 1.165) is 12.5 Å². The van der Waals surface area contributed by atoms with Gasteiger partial charge in [-0.2, -0.15) is 0 Å². The van der Waals surface area contributed by atoms with Gasteiger partial charge in [-0.25, -0.2) is 0 Å². The summed E-state index contributed by atoms with van der Waals surface area (Å²) in [5.74, 6) is 0.762. The van der Waals surface area contributed by atoms with Crippen LogP contribution in [-0.2, 0) is 5.41 Å². The second-order valence-corrected chi connectivity index (χ2v) is 8.22. The molecule has 0 bridgehead atoms. The van der Waals surface area contributed by atoms with Crippen LogP contribution in [0.25, 0.3) is 0 Å². The number of nitrogens with two attached hydrogens (primary N) is 1. The summed E-state index contributed by atoms with van der Waals surface area (Å²) in [6.07, 6.45) is 10.7. The Balaban J connectivity index is 1.90. The van der Waals surface area contributed by atoms with Gasteiger partial charge in [-0.3, -0.25) is 0 Å². The maximum Gasteiger partial charge on any atom is 0.00783 e. The Morgan fingerprint density at radius 2 is 1.62 bits per heavy atom. The van der Waals surface area contributed by atoms with Crippen molar-refractivity contribution in [2.45, 2.75) is 76.5 Å². The van der Waals surface area contributed by atoms with E-state index in [1.54, 1.807) is 11.1 Å². The predicted octanol–water partition coefficient (Wildman–Crippen LogP) is 5.14. The monoisotopic (exact) mass is 285 g/mol. The van der Waals surface area contributed by atoms with Crippen LogP contribution in [0.1, 0.15) is 82.3 Å². The van der Waals surface area contributed by atoms with Crippen LogP contribution in [0.2, 0.25) is 0 Å². The topological polar surface area (TPSA) is 26.0 Å². The van der Waals surface area contributed by atoms with E-state index in [1.807, 2.05) is 0 Å². The minimum atomic E-state index is 0.281. The Kier molecular flexibility index (Phi) is 4.14. The van der Waals surface area contributed by atoms with Crippen molar-refractivity contribution in [1.82, 2.24) is 0 Å². The fourth-order valence-electron chi connectivity index (χ4n) is 4.68. The van der Waals surface area contributed by atoms with Crippen LogP contribution < -0.4 is 5.73 Å². The van der Waals surface area contributed by atoms with Crippen molar-refractivity contribution in [2.75, 3.05) is 6.54 Å². The summed E-state index contributed by atoms with van der Waals surface area (Å²) >= 11 is 0. The van der Waals surface area contributed by atoms with Gasteiger partial charge < -0.3 is 5.73 Å². The molecule has 1 aromatic rings. The highest BCUT2D eigenvalue weighted by Crippen LogP contribution is 2.48. The van der Waals surface area contributed by atoms with Crippen LogP contribution in [0.15, 0.2) is 24.3 Å². The van der Waals surface area contributed by atoms with Crippen LogP contribution in [-0.4, -0.2) is 6.54 Å². The van der Waals surface area contributed by atoms with Gasteiger partial charge in [0.25, 0.3) is 0 Å². The summed E-state index contributed by atoms with van der Waals surface area (Å²) in [7, 11) is 0. The largest absolute Gasteiger partial charge is 0.330 e. The molecule has 0 amide bonds. The standard InChI is InChI=1S/C20H31N/c1-19(2)13-9-16(10-14-19)17-7-3-4-8-18(17)20(15-21)11-5-6-12-20/h3-4,7-8,16H,5-6,9-15,21H2,1-2H3. The van der Waals surface area contributed by atoms with E-state index in [1.165, 1.54) is 51.4 Å². The molecule has 2 saturated carbocycles. The molecule has 2 aliphatic rings. The maximum atomic E-state index is 6.24. The Morgan fingerprint density at radius 3 is 2.24 bits per heavy atom.